The van der Waals surface area contributed by atoms with Gasteiger partial charge in [-0.1, -0.05) is 31.4 Å². The van der Waals surface area contributed by atoms with E-state index in [1.54, 1.807) is 12.1 Å². The van der Waals surface area contributed by atoms with Crippen LogP contribution in [0.2, 0.25) is 5.02 Å². The number of carbonyl (C=O) groups is 2. The average molecular weight is 366 g/mol. The highest BCUT2D eigenvalue weighted by molar-refractivity contribution is 6.33. The Morgan fingerprint density at radius 2 is 2.12 bits per heavy atom. The Bertz CT molecular complexity index is 676. The van der Waals surface area contributed by atoms with Gasteiger partial charge in [-0.2, -0.15) is 0 Å². The molecule has 1 N–H and O–H groups in total. The summed E-state index contributed by atoms with van der Waals surface area (Å²) in [5.74, 6) is 0.259. The van der Waals surface area contributed by atoms with Crippen molar-refractivity contribution in [2.75, 3.05) is 6.61 Å². The Hall–Kier alpha value is -1.75. The summed E-state index contributed by atoms with van der Waals surface area (Å²) in [6, 6.07) is 3.78. The first-order valence-corrected chi connectivity index (χ1v) is 9.33. The van der Waals surface area contributed by atoms with Crippen molar-refractivity contribution in [1.29, 1.82) is 0 Å². The smallest absolute Gasteiger partial charge is 0.303 e. The van der Waals surface area contributed by atoms with Crippen LogP contribution in [0.4, 0.5) is 0 Å². The number of benzene rings is 1. The molecule has 1 aromatic rings. The van der Waals surface area contributed by atoms with Gasteiger partial charge in [0, 0.05) is 30.1 Å². The minimum Gasteiger partial charge on any atom is -0.492 e. The molecule has 0 unspecified atom stereocenters. The summed E-state index contributed by atoms with van der Waals surface area (Å²) < 4.78 is 5.62. The molecule has 1 aliphatic carbocycles. The van der Waals surface area contributed by atoms with Crippen LogP contribution in [0.5, 0.6) is 5.75 Å². The number of hydrogen-bond donors (Lipinski definition) is 1. The average Bonchev–Trinajstić information content (AvgIpc) is 2.91. The third kappa shape index (κ3) is 3.76. The molecule has 3 rings (SSSR count). The minimum atomic E-state index is -0.841. The maximum Gasteiger partial charge on any atom is 0.303 e. The van der Waals surface area contributed by atoms with Gasteiger partial charge in [-0.25, -0.2) is 0 Å². The highest BCUT2D eigenvalue weighted by Crippen LogP contribution is 2.39. The number of carboxylic acids is 1. The Morgan fingerprint density at radius 3 is 2.84 bits per heavy atom. The number of ether oxygens (including phenoxy) is 1. The van der Waals surface area contributed by atoms with Crippen molar-refractivity contribution in [3.05, 3.63) is 28.3 Å². The number of fused-ring (bicyclic) bond motifs is 1. The lowest BCUT2D eigenvalue weighted by atomic mass is 9.85. The molecule has 136 valence electrons. The first-order valence-electron chi connectivity index (χ1n) is 8.96. The molecule has 0 aromatic heterocycles. The van der Waals surface area contributed by atoms with E-state index in [0.717, 1.165) is 18.4 Å². The number of aliphatic carboxylic acids is 1. The number of amides is 1. The lowest BCUT2D eigenvalue weighted by Crippen LogP contribution is -2.41. The summed E-state index contributed by atoms with van der Waals surface area (Å²) in [4.78, 5) is 25.3. The van der Waals surface area contributed by atoms with E-state index in [0.29, 0.717) is 41.8 Å². The molecule has 1 fully saturated rings. The molecule has 1 saturated carbocycles. The number of carbonyl (C=O) groups excluding carboxylic acids is 1. The Morgan fingerprint density at radius 1 is 1.36 bits per heavy atom. The SMILES string of the molecule is C[C@@H]1CCCC[C@@H]1N1Cc2c(ccc(OCCCC(=O)O)c2Cl)C1=O. The van der Waals surface area contributed by atoms with Gasteiger partial charge in [0.05, 0.1) is 11.6 Å². The van der Waals surface area contributed by atoms with E-state index < -0.39 is 5.97 Å². The number of halogens is 1. The Labute approximate surface area is 152 Å². The van der Waals surface area contributed by atoms with Gasteiger partial charge in [0.25, 0.3) is 5.91 Å². The first kappa shape index (κ1) is 18.1. The monoisotopic (exact) mass is 365 g/mol. The number of rotatable bonds is 6. The van der Waals surface area contributed by atoms with Crippen molar-refractivity contribution in [3.63, 3.8) is 0 Å². The predicted octanol–water partition coefficient (Wildman–Crippen LogP) is 4.12. The van der Waals surface area contributed by atoms with Gasteiger partial charge in [0.2, 0.25) is 0 Å². The van der Waals surface area contributed by atoms with Crippen molar-refractivity contribution in [3.8, 4) is 5.75 Å². The first-order chi connectivity index (χ1) is 12.0. The summed E-state index contributed by atoms with van der Waals surface area (Å²) in [6.07, 6.45) is 5.11. The van der Waals surface area contributed by atoms with Crippen molar-refractivity contribution >= 4 is 23.5 Å². The maximum absolute atomic E-state index is 12.8. The summed E-state index contributed by atoms with van der Waals surface area (Å²) in [5.41, 5.74) is 1.50. The molecule has 0 spiro atoms. The standard InChI is InChI=1S/C19H24ClNO4/c1-12-5-2-3-6-15(12)21-11-14-13(19(21)24)8-9-16(18(14)20)25-10-4-7-17(22)23/h8-9,12,15H,2-7,10-11H2,1H3,(H,22,23)/t12-,15+/m1/s1. The largest absolute Gasteiger partial charge is 0.492 e. The van der Waals surface area contributed by atoms with Crippen molar-refractivity contribution in [2.45, 2.75) is 58.0 Å². The van der Waals surface area contributed by atoms with E-state index in [4.69, 9.17) is 21.4 Å². The fourth-order valence-electron chi connectivity index (χ4n) is 3.90. The molecule has 1 aliphatic heterocycles. The molecule has 1 aromatic carbocycles. The summed E-state index contributed by atoms with van der Waals surface area (Å²) >= 11 is 6.48. The van der Waals surface area contributed by atoms with Gasteiger partial charge in [-0.3, -0.25) is 9.59 Å². The van der Waals surface area contributed by atoms with Gasteiger partial charge < -0.3 is 14.7 Å². The van der Waals surface area contributed by atoms with E-state index in [2.05, 4.69) is 6.92 Å². The lowest BCUT2D eigenvalue weighted by molar-refractivity contribution is -0.137. The second-order valence-electron chi connectivity index (χ2n) is 7.01. The zero-order valence-electron chi connectivity index (χ0n) is 14.5. The highest BCUT2D eigenvalue weighted by atomic mass is 35.5. The van der Waals surface area contributed by atoms with E-state index in [1.165, 1.54) is 12.8 Å². The summed E-state index contributed by atoms with van der Waals surface area (Å²) in [7, 11) is 0. The Balaban J connectivity index is 1.72. The fourth-order valence-corrected chi connectivity index (χ4v) is 4.18. The zero-order valence-corrected chi connectivity index (χ0v) is 15.2. The fraction of sp³-hybridized carbons (Fsp3) is 0.579. The van der Waals surface area contributed by atoms with Gasteiger partial charge in [0.15, 0.2) is 0 Å². The summed E-state index contributed by atoms with van der Waals surface area (Å²) in [5, 5.41) is 9.15. The molecule has 1 heterocycles. The van der Waals surface area contributed by atoms with Crippen LogP contribution >= 0.6 is 11.6 Å². The minimum absolute atomic E-state index is 0.0630. The van der Waals surface area contributed by atoms with E-state index in [1.807, 2.05) is 4.90 Å². The maximum atomic E-state index is 12.8. The van der Waals surface area contributed by atoms with Crippen LogP contribution in [0, 0.1) is 5.92 Å². The molecule has 0 radical (unpaired) electrons. The molecule has 0 saturated heterocycles. The van der Waals surface area contributed by atoms with E-state index >= 15 is 0 Å². The molecule has 2 atom stereocenters. The predicted molar refractivity (Wildman–Crippen MR) is 95.1 cm³/mol. The summed E-state index contributed by atoms with van der Waals surface area (Å²) in [6.45, 7) is 3.05. The lowest BCUT2D eigenvalue weighted by Gasteiger charge is -2.36. The molecular weight excluding hydrogens is 342 g/mol. The van der Waals surface area contributed by atoms with Crippen molar-refractivity contribution in [2.24, 2.45) is 5.92 Å². The molecule has 1 amide bonds. The zero-order chi connectivity index (χ0) is 18.0. The second-order valence-corrected chi connectivity index (χ2v) is 7.39. The Kier molecular flexibility index (Phi) is 5.52. The van der Waals surface area contributed by atoms with Gasteiger partial charge in [-0.15, -0.1) is 0 Å². The van der Waals surface area contributed by atoms with E-state index in [-0.39, 0.29) is 18.4 Å². The number of nitrogens with zero attached hydrogens (tertiary/aromatic N) is 1. The molecule has 5 nitrogen and oxygen atoms in total. The second kappa shape index (κ2) is 7.65. The van der Waals surface area contributed by atoms with Gasteiger partial charge >= 0.3 is 5.97 Å². The molecule has 6 heteroatoms. The molecule has 2 aliphatic rings. The van der Waals surface area contributed by atoms with Crippen LogP contribution in [0.15, 0.2) is 12.1 Å². The third-order valence-corrected chi connectivity index (χ3v) is 5.70. The number of carboxylic acid groups (broad SMARTS) is 1. The van der Waals surface area contributed by atoms with Crippen LogP contribution in [-0.4, -0.2) is 34.5 Å². The van der Waals surface area contributed by atoms with Crippen LogP contribution in [0.25, 0.3) is 0 Å². The van der Waals surface area contributed by atoms with Gasteiger partial charge in [-0.05, 0) is 37.3 Å². The molecule has 25 heavy (non-hydrogen) atoms. The van der Waals surface area contributed by atoms with Crippen LogP contribution in [0.1, 0.15) is 61.4 Å². The quantitative estimate of drug-likeness (QED) is 0.770. The topological polar surface area (TPSA) is 66.8 Å². The van der Waals surface area contributed by atoms with Crippen molar-refractivity contribution < 1.29 is 19.4 Å². The van der Waals surface area contributed by atoms with Crippen LogP contribution in [-0.2, 0) is 11.3 Å². The van der Waals surface area contributed by atoms with Crippen LogP contribution in [0.3, 0.4) is 0 Å². The van der Waals surface area contributed by atoms with Crippen molar-refractivity contribution in [1.82, 2.24) is 4.90 Å². The molecular formula is C19H24ClNO4. The normalized spacial score (nSPS) is 22.8. The van der Waals surface area contributed by atoms with Gasteiger partial charge in [0.1, 0.15) is 5.75 Å². The van der Waals surface area contributed by atoms with Crippen LogP contribution < -0.4 is 4.74 Å². The third-order valence-electron chi connectivity index (χ3n) is 5.29. The molecule has 0 bridgehead atoms. The van der Waals surface area contributed by atoms with E-state index in [9.17, 15) is 9.59 Å². The number of hydrogen-bond acceptors (Lipinski definition) is 3. The highest BCUT2D eigenvalue weighted by Gasteiger charge is 2.37.